The van der Waals surface area contributed by atoms with Gasteiger partial charge in [-0.3, -0.25) is 0 Å². The smallest absolute Gasteiger partial charge is 0.149 e. The fourth-order valence-electron chi connectivity index (χ4n) is 1.84. The van der Waals surface area contributed by atoms with E-state index in [9.17, 15) is 0 Å². The molecule has 0 unspecified atom stereocenters. The second-order valence-corrected chi connectivity index (χ2v) is 6.70. The lowest BCUT2D eigenvalue weighted by Crippen LogP contribution is -1.95. The van der Waals surface area contributed by atoms with Crippen molar-refractivity contribution >= 4 is 34.7 Å². The highest BCUT2D eigenvalue weighted by atomic mass is 35.5. The molecule has 0 saturated heterocycles. The summed E-state index contributed by atoms with van der Waals surface area (Å²) >= 11 is 9.62. The first-order chi connectivity index (χ1) is 7.74. The summed E-state index contributed by atoms with van der Waals surface area (Å²) in [5.41, 5.74) is 3.45. The van der Waals surface area contributed by atoms with Gasteiger partial charge in [0.2, 0.25) is 0 Å². The molecule has 3 heterocycles. The Labute approximate surface area is 107 Å². The van der Waals surface area contributed by atoms with E-state index >= 15 is 0 Å². The van der Waals surface area contributed by atoms with E-state index in [2.05, 4.69) is 23.2 Å². The number of hydrogen-bond donors (Lipinski definition) is 0. The molecule has 0 amide bonds. The minimum Gasteiger partial charge on any atom is -0.149 e. The van der Waals surface area contributed by atoms with Crippen LogP contribution in [0.4, 0.5) is 0 Å². The molecule has 0 fully saturated rings. The molecule has 5 heteroatoms. The van der Waals surface area contributed by atoms with E-state index in [4.69, 9.17) is 11.6 Å². The molecule has 0 spiro atoms. The molecule has 3 rings (SSSR count). The van der Waals surface area contributed by atoms with Crippen molar-refractivity contribution < 1.29 is 0 Å². The van der Waals surface area contributed by atoms with E-state index in [0.29, 0.717) is 5.15 Å². The van der Waals surface area contributed by atoms with Crippen LogP contribution in [0.15, 0.2) is 16.3 Å². The lowest BCUT2D eigenvalue weighted by molar-refractivity contribution is 0.998. The van der Waals surface area contributed by atoms with Crippen molar-refractivity contribution in [3.63, 3.8) is 0 Å². The predicted molar refractivity (Wildman–Crippen MR) is 69.5 cm³/mol. The van der Waals surface area contributed by atoms with Crippen molar-refractivity contribution in [2.75, 3.05) is 5.75 Å². The Kier molecular flexibility index (Phi) is 2.65. The summed E-state index contributed by atoms with van der Waals surface area (Å²) in [4.78, 5) is 1.32. The highest BCUT2D eigenvalue weighted by molar-refractivity contribution is 8.01. The van der Waals surface area contributed by atoms with E-state index in [-0.39, 0.29) is 0 Å². The van der Waals surface area contributed by atoms with Crippen LogP contribution in [0.3, 0.4) is 0 Å². The molecule has 1 aliphatic heterocycles. The third kappa shape index (κ3) is 1.75. The molecule has 82 valence electrons. The fraction of sp³-hybridized carbons (Fsp3) is 0.273. The second-order valence-electron chi connectivity index (χ2n) is 3.70. The lowest BCUT2D eigenvalue weighted by Gasteiger charge is -2.02. The molecule has 0 atom stereocenters. The molecule has 0 radical (unpaired) electrons. The van der Waals surface area contributed by atoms with Crippen LogP contribution in [0, 0.1) is 6.92 Å². The molecule has 0 saturated carbocycles. The van der Waals surface area contributed by atoms with Crippen LogP contribution in [-0.4, -0.2) is 16.0 Å². The zero-order chi connectivity index (χ0) is 11.1. The van der Waals surface area contributed by atoms with Gasteiger partial charge in [0.25, 0.3) is 0 Å². The Morgan fingerprint density at radius 3 is 3.06 bits per heavy atom. The summed E-state index contributed by atoms with van der Waals surface area (Å²) in [6, 6.07) is 4.13. The van der Waals surface area contributed by atoms with Gasteiger partial charge in [0.15, 0.2) is 5.15 Å². The summed E-state index contributed by atoms with van der Waals surface area (Å²) in [6.45, 7) is 2.13. The van der Waals surface area contributed by atoms with Gasteiger partial charge in [-0.15, -0.1) is 33.3 Å². The fourth-order valence-corrected chi connectivity index (χ4v) is 4.44. The highest BCUT2D eigenvalue weighted by Crippen LogP contribution is 2.41. The van der Waals surface area contributed by atoms with Crippen LogP contribution in [0.25, 0.3) is 11.3 Å². The van der Waals surface area contributed by atoms with Gasteiger partial charge in [0.05, 0.1) is 9.90 Å². The van der Waals surface area contributed by atoms with Crippen LogP contribution in [0.5, 0.6) is 0 Å². The first-order valence-corrected chi connectivity index (χ1v) is 7.18. The summed E-state index contributed by atoms with van der Waals surface area (Å²) in [6.07, 6.45) is 1.01. The molecule has 2 aromatic heterocycles. The maximum absolute atomic E-state index is 5.88. The predicted octanol–water partition coefficient (Wildman–Crippen LogP) is 3.82. The van der Waals surface area contributed by atoms with Gasteiger partial charge in [-0.05, 0) is 31.0 Å². The monoisotopic (exact) mass is 268 g/mol. The van der Waals surface area contributed by atoms with Crippen molar-refractivity contribution in [1.29, 1.82) is 0 Å². The maximum Gasteiger partial charge on any atom is 0.152 e. The zero-order valence-electron chi connectivity index (χ0n) is 8.66. The van der Waals surface area contributed by atoms with Crippen LogP contribution in [-0.2, 0) is 6.42 Å². The Morgan fingerprint density at radius 1 is 1.31 bits per heavy atom. The SMILES string of the molecule is Cc1cc2c(s1)SCCc1cc(Cl)nnc1-2. The maximum atomic E-state index is 5.88. The van der Waals surface area contributed by atoms with Crippen molar-refractivity contribution in [1.82, 2.24) is 10.2 Å². The van der Waals surface area contributed by atoms with Crippen LogP contribution < -0.4 is 0 Å². The minimum atomic E-state index is 0.485. The van der Waals surface area contributed by atoms with Gasteiger partial charge >= 0.3 is 0 Å². The number of fused-ring (bicyclic) bond motifs is 3. The van der Waals surface area contributed by atoms with Crippen LogP contribution in [0.2, 0.25) is 5.15 Å². The number of thioether (sulfide) groups is 1. The third-order valence-electron chi connectivity index (χ3n) is 2.52. The molecular weight excluding hydrogens is 260 g/mol. The summed E-state index contributed by atoms with van der Waals surface area (Å²) in [5, 5.41) is 8.68. The molecule has 0 N–H and O–H groups in total. The van der Waals surface area contributed by atoms with Crippen molar-refractivity contribution in [2.45, 2.75) is 17.6 Å². The number of hydrogen-bond acceptors (Lipinski definition) is 4. The van der Waals surface area contributed by atoms with Crippen molar-refractivity contribution in [2.24, 2.45) is 0 Å². The van der Waals surface area contributed by atoms with Crippen molar-refractivity contribution in [3.8, 4) is 11.3 Å². The standard InChI is InChI=1S/C11H9ClN2S2/c1-6-4-8-10-7(5-9(12)13-14-10)2-3-15-11(8)16-6/h4-5H,2-3H2,1H3. The van der Waals surface area contributed by atoms with Gasteiger partial charge in [0.1, 0.15) is 0 Å². The zero-order valence-corrected chi connectivity index (χ0v) is 11.0. The Bertz CT molecular complexity index is 551. The molecule has 16 heavy (non-hydrogen) atoms. The number of aromatic nitrogens is 2. The Balaban J connectivity index is 2.24. The lowest BCUT2D eigenvalue weighted by atomic mass is 10.1. The number of nitrogens with zero attached hydrogens (tertiary/aromatic N) is 2. The Hall–Kier alpha value is -0.580. The van der Waals surface area contributed by atoms with E-state index in [1.54, 1.807) is 0 Å². The van der Waals surface area contributed by atoms with E-state index in [1.807, 2.05) is 29.2 Å². The summed E-state index contributed by atoms with van der Waals surface area (Å²) < 4.78 is 1.35. The second kappa shape index (κ2) is 4.02. The number of rotatable bonds is 0. The average Bonchev–Trinajstić information content (AvgIpc) is 2.52. The van der Waals surface area contributed by atoms with Gasteiger partial charge < -0.3 is 0 Å². The first kappa shape index (κ1) is 10.6. The Morgan fingerprint density at radius 2 is 2.19 bits per heavy atom. The number of halogens is 1. The topological polar surface area (TPSA) is 25.8 Å². The molecular formula is C11H9ClN2S2. The molecule has 2 nitrogen and oxygen atoms in total. The average molecular weight is 269 g/mol. The van der Waals surface area contributed by atoms with E-state index in [0.717, 1.165) is 17.9 Å². The van der Waals surface area contributed by atoms with Crippen LogP contribution in [0.1, 0.15) is 10.4 Å². The normalized spacial score (nSPS) is 14.1. The number of thiophene rings is 1. The molecule has 0 aromatic carbocycles. The van der Waals surface area contributed by atoms with Gasteiger partial charge in [-0.1, -0.05) is 11.6 Å². The minimum absolute atomic E-state index is 0.485. The van der Waals surface area contributed by atoms with Gasteiger partial charge in [-0.2, -0.15) is 0 Å². The van der Waals surface area contributed by atoms with Crippen LogP contribution >= 0.6 is 34.7 Å². The largest absolute Gasteiger partial charge is 0.152 e. The first-order valence-electron chi connectivity index (χ1n) is 5.00. The summed E-state index contributed by atoms with van der Waals surface area (Å²) in [5.74, 6) is 1.09. The summed E-state index contributed by atoms with van der Waals surface area (Å²) in [7, 11) is 0. The molecule has 0 bridgehead atoms. The van der Waals surface area contributed by atoms with Gasteiger partial charge in [0, 0.05) is 16.2 Å². The highest BCUT2D eigenvalue weighted by Gasteiger charge is 2.19. The molecule has 2 aromatic rings. The van der Waals surface area contributed by atoms with E-state index < -0.39 is 0 Å². The quantitative estimate of drug-likeness (QED) is 0.727. The van der Waals surface area contributed by atoms with Gasteiger partial charge in [-0.25, -0.2) is 0 Å². The van der Waals surface area contributed by atoms with E-state index in [1.165, 1.54) is 20.2 Å². The molecule has 0 aliphatic carbocycles. The van der Waals surface area contributed by atoms with Crippen molar-refractivity contribution in [3.05, 3.63) is 27.7 Å². The number of aryl methyl sites for hydroxylation is 2. The third-order valence-corrected chi connectivity index (χ3v) is 5.05. The molecule has 1 aliphatic rings.